The Morgan fingerprint density at radius 2 is 1.83 bits per heavy atom. The minimum atomic E-state index is 0.848. The Bertz CT molecular complexity index is 347. The number of methoxy groups -OCH3 is 1. The number of hydrogen-bond acceptors (Lipinski definition) is 5. The average Bonchev–Trinajstić information content (AvgIpc) is 2.41. The first-order valence-electron chi connectivity index (χ1n) is 6.54. The summed E-state index contributed by atoms with van der Waals surface area (Å²) >= 11 is 0. The van der Waals surface area contributed by atoms with E-state index in [4.69, 9.17) is 4.74 Å². The van der Waals surface area contributed by atoms with E-state index in [1.54, 1.807) is 7.11 Å². The van der Waals surface area contributed by atoms with Gasteiger partial charge in [0.2, 0.25) is 5.95 Å². The zero-order chi connectivity index (χ0) is 12.8. The molecule has 1 saturated heterocycles. The fraction of sp³-hybridized carbons (Fsp3) is 0.692. The van der Waals surface area contributed by atoms with Gasteiger partial charge in [-0.1, -0.05) is 0 Å². The van der Waals surface area contributed by atoms with E-state index in [1.807, 2.05) is 19.3 Å². The number of piperazine rings is 1. The topological polar surface area (TPSA) is 41.5 Å². The molecule has 2 rings (SSSR count). The molecular weight excluding hydrogens is 228 g/mol. The smallest absolute Gasteiger partial charge is 0.225 e. The maximum Gasteiger partial charge on any atom is 0.225 e. The van der Waals surface area contributed by atoms with Crippen LogP contribution in [0.3, 0.4) is 0 Å². The molecule has 0 aliphatic carbocycles. The zero-order valence-electron chi connectivity index (χ0n) is 11.3. The predicted molar refractivity (Wildman–Crippen MR) is 71.9 cm³/mol. The van der Waals surface area contributed by atoms with Gasteiger partial charge in [-0.25, -0.2) is 9.97 Å². The lowest BCUT2D eigenvalue weighted by Crippen LogP contribution is -2.47. The van der Waals surface area contributed by atoms with Gasteiger partial charge in [0, 0.05) is 58.8 Å². The van der Waals surface area contributed by atoms with Crippen LogP contribution < -0.4 is 4.90 Å². The van der Waals surface area contributed by atoms with Crippen molar-refractivity contribution in [3.05, 3.63) is 18.0 Å². The molecule has 0 N–H and O–H groups in total. The van der Waals surface area contributed by atoms with E-state index in [0.29, 0.717) is 0 Å². The normalized spacial score (nSPS) is 17.1. The number of ether oxygens (including phenoxy) is 1. The van der Waals surface area contributed by atoms with Crippen LogP contribution in [0.15, 0.2) is 12.4 Å². The van der Waals surface area contributed by atoms with Crippen molar-refractivity contribution in [2.24, 2.45) is 0 Å². The number of anilines is 1. The summed E-state index contributed by atoms with van der Waals surface area (Å²) in [6, 6.07) is 0. The molecule has 5 nitrogen and oxygen atoms in total. The molecule has 0 aromatic carbocycles. The largest absolute Gasteiger partial charge is 0.385 e. The first-order chi connectivity index (χ1) is 8.79. The maximum absolute atomic E-state index is 5.08. The third-order valence-electron chi connectivity index (χ3n) is 3.25. The quantitative estimate of drug-likeness (QED) is 0.728. The first-order valence-corrected chi connectivity index (χ1v) is 6.54. The van der Waals surface area contributed by atoms with Crippen LogP contribution in [0.4, 0.5) is 5.95 Å². The second-order valence-corrected chi connectivity index (χ2v) is 4.74. The summed E-state index contributed by atoms with van der Waals surface area (Å²) in [7, 11) is 1.76. The van der Waals surface area contributed by atoms with Crippen LogP contribution in [0.2, 0.25) is 0 Å². The molecule has 0 saturated carbocycles. The van der Waals surface area contributed by atoms with Gasteiger partial charge in [-0.15, -0.1) is 0 Å². The SMILES string of the molecule is COCCCN1CCN(c2ncc(C)cn2)CC1. The fourth-order valence-corrected chi connectivity index (χ4v) is 2.15. The highest BCUT2D eigenvalue weighted by atomic mass is 16.5. The number of nitrogens with zero attached hydrogens (tertiary/aromatic N) is 4. The molecule has 0 bridgehead atoms. The molecule has 1 aromatic heterocycles. The predicted octanol–water partition coefficient (Wildman–Crippen LogP) is 0.944. The monoisotopic (exact) mass is 250 g/mol. The van der Waals surface area contributed by atoms with Crippen LogP contribution in [0.5, 0.6) is 0 Å². The highest BCUT2D eigenvalue weighted by Gasteiger charge is 2.18. The van der Waals surface area contributed by atoms with Crippen LogP contribution in [0.1, 0.15) is 12.0 Å². The molecule has 18 heavy (non-hydrogen) atoms. The van der Waals surface area contributed by atoms with Crippen LogP contribution in [0.25, 0.3) is 0 Å². The molecule has 5 heteroatoms. The molecule has 0 atom stereocenters. The van der Waals surface area contributed by atoms with Gasteiger partial charge < -0.3 is 9.64 Å². The Balaban J connectivity index is 1.77. The highest BCUT2D eigenvalue weighted by molar-refractivity contribution is 5.30. The minimum absolute atomic E-state index is 0.848. The molecule has 1 aliphatic heterocycles. The van der Waals surface area contributed by atoms with Crippen LogP contribution in [-0.2, 0) is 4.74 Å². The van der Waals surface area contributed by atoms with Gasteiger partial charge in [0.05, 0.1) is 0 Å². The third-order valence-corrected chi connectivity index (χ3v) is 3.25. The maximum atomic E-state index is 5.08. The lowest BCUT2D eigenvalue weighted by atomic mass is 10.3. The van der Waals surface area contributed by atoms with E-state index in [1.165, 1.54) is 0 Å². The summed E-state index contributed by atoms with van der Waals surface area (Å²) in [6.45, 7) is 8.17. The van der Waals surface area contributed by atoms with Crippen molar-refractivity contribution in [3.8, 4) is 0 Å². The van der Waals surface area contributed by atoms with Gasteiger partial charge in [0.1, 0.15) is 0 Å². The van der Waals surface area contributed by atoms with Crippen molar-refractivity contribution in [1.29, 1.82) is 0 Å². The van der Waals surface area contributed by atoms with E-state index in [2.05, 4.69) is 19.8 Å². The lowest BCUT2D eigenvalue weighted by molar-refractivity contribution is 0.168. The number of rotatable bonds is 5. The average molecular weight is 250 g/mol. The van der Waals surface area contributed by atoms with Gasteiger partial charge in [0.25, 0.3) is 0 Å². The fourth-order valence-electron chi connectivity index (χ4n) is 2.15. The Hall–Kier alpha value is -1.20. The van der Waals surface area contributed by atoms with Gasteiger partial charge in [0.15, 0.2) is 0 Å². The van der Waals surface area contributed by atoms with E-state index >= 15 is 0 Å². The Morgan fingerprint density at radius 3 is 2.44 bits per heavy atom. The summed E-state index contributed by atoms with van der Waals surface area (Å²) in [5.74, 6) is 0.858. The van der Waals surface area contributed by atoms with Crippen LogP contribution in [0, 0.1) is 6.92 Å². The molecule has 2 heterocycles. The second kappa shape index (κ2) is 6.66. The summed E-state index contributed by atoms with van der Waals surface area (Å²) in [5, 5.41) is 0. The third kappa shape index (κ3) is 3.65. The molecule has 1 fully saturated rings. The van der Waals surface area contributed by atoms with E-state index < -0.39 is 0 Å². The van der Waals surface area contributed by atoms with Crippen molar-refractivity contribution in [1.82, 2.24) is 14.9 Å². The van der Waals surface area contributed by atoms with Gasteiger partial charge in [-0.05, 0) is 18.9 Å². The van der Waals surface area contributed by atoms with Crippen molar-refractivity contribution in [3.63, 3.8) is 0 Å². The highest BCUT2D eigenvalue weighted by Crippen LogP contribution is 2.10. The van der Waals surface area contributed by atoms with E-state index in [9.17, 15) is 0 Å². The van der Waals surface area contributed by atoms with Gasteiger partial charge >= 0.3 is 0 Å². The summed E-state index contributed by atoms with van der Waals surface area (Å²) in [5.41, 5.74) is 1.11. The minimum Gasteiger partial charge on any atom is -0.385 e. The zero-order valence-corrected chi connectivity index (χ0v) is 11.3. The summed E-state index contributed by atoms with van der Waals surface area (Å²) < 4.78 is 5.08. The van der Waals surface area contributed by atoms with Crippen molar-refractivity contribution in [2.75, 3.05) is 51.3 Å². The van der Waals surface area contributed by atoms with Gasteiger partial charge in [-0.3, -0.25) is 4.90 Å². The molecule has 1 aliphatic rings. The molecule has 0 unspecified atom stereocenters. The van der Waals surface area contributed by atoms with Gasteiger partial charge in [-0.2, -0.15) is 0 Å². The number of aryl methyl sites for hydroxylation is 1. The number of aromatic nitrogens is 2. The standard InChI is InChI=1S/C13H22N4O/c1-12-10-14-13(15-11-12)17-7-5-16(6-8-17)4-3-9-18-2/h10-11H,3-9H2,1-2H3. The van der Waals surface area contributed by atoms with Crippen LogP contribution in [-0.4, -0.2) is 61.3 Å². The first kappa shape index (κ1) is 13.2. The Kier molecular flexibility index (Phi) is 4.90. The van der Waals surface area contributed by atoms with Crippen molar-refractivity contribution in [2.45, 2.75) is 13.3 Å². The second-order valence-electron chi connectivity index (χ2n) is 4.74. The molecular formula is C13H22N4O. The lowest BCUT2D eigenvalue weighted by Gasteiger charge is -2.34. The molecule has 1 aromatic rings. The summed E-state index contributed by atoms with van der Waals surface area (Å²) in [4.78, 5) is 13.5. The Labute approximate surface area is 109 Å². The van der Waals surface area contributed by atoms with Crippen LogP contribution >= 0.6 is 0 Å². The van der Waals surface area contributed by atoms with E-state index in [-0.39, 0.29) is 0 Å². The molecule has 0 amide bonds. The number of hydrogen-bond donors (Lipinski definition) is 0. The molecule has 0 radical (unpaired) electrons. The van der Waals surface area contributed by atoms with Crippen molar-refractivity contribution >= 4 is 5.95 Å². The van der Waals surface area contributed by atoms with E-state index in [0.717, 1.165) is 57.3 Å². The molecule has 0 spiro atoms. The van der Waals surface area contributed by atoms with Crippen molar-refractivity contribution < 1.29 is 4.74 Å². The Morgan fingerprint density at radius 1 is 1.17 bits per heavy atom. The molecule has 100 valence electrons. The summed E-state index contributed by atoms with van der Waals surface area (Å²) in [6.07, 6.45) is 4.87.